The van der Waals surface area contributed by atoms with Gasteiger partial charge >= 0.3 is 0 Å². The summed E-state index contributed by atoms with van der Waals surface area (Å²) in [6.45, 7) is 6.06. The number of fused-ring (bicyclic) bond motifs is 1. The molecule has 1 amide bonds. The predicted octanol–water partition coefficient (Wildman–Crippen LogP) is 5.06. The molecule has 1 aromatic heterocycles. The first kappa shape index (κ1) is 21.4. The van der Waals surface area contributed by atoms with Crippen LogP contribution in [0.2, 0.25) is 0 Å². The van der Waals surface area contributed by atoms with Crippen LogP contribution < -0.4 is 5.56 Å². The lowest BCUT2D eigenvalue weighted by atomic mass is 10.1. The predicted molar refractivity (Wildman–Crippen MR) is 124 cm³/mol. The second-order valence-electron chi connectivity index (χ2n) is 7.69. The summed E-state index contributed by atoms with van der Waals surface area (Å²) in [6.07, 6.45) is 0. The fourth-order valence-corrected chi connectivity index (χ4v) is 3.97. The summed E-state index contributed by atoms with van der Waals surface area (Å²) in [4.78, 5) is 33.3. The van der Waals surface area contributed by atoms with E-state index >= 15 is 0 Å². The maximum atomic E-state index is 13.6. The van der Waals surface area contributed by atoms with Crippen LogP contribution in [0.5, 0.6) is 0 Å². The fraction of sp³-hybridized carbons (Fsp3) is 0.192. The summed E-state index contributed by atoms with van der Waals surface area (Å²) in [5.74, 6) is -0.179. The fourth-order valence-electron chi connectivity index (χ4n) is 3.97. The van der Waals surface area contributed by atoms with Crippen LogP contribution in [-0.4, -0.2) is 26.9 Å². The van der Waals surface area contributed by atoms with Gasteiger partial charge in [0.05, 0.1) is 22.6 Å². The van der Waals surface area contributed by atoms with E-state index in [0.717, 1.165) is 11.3 Å². The van der Waals surface area contributed by atoms with E-state index < -0.39 is 11.9 Å². The highest BCUT2D eigenvalue weighted by Gasteiger charge is 2.27. The summed E-state index contributed by atoms with van der Waals surface area (Å²) in [5.41, 5.74) is 2.42. The average molecular weight is 429 g/mol. The van der Waals surface area contributed by atoms with Crippen LogP contribution in [0, 0.1) is 12.7 Å². The number of carbonyl (C=O) groups is 1. The quantitative estimate of drug-likeness (QED) is 0.446. The monoisotopic (exact) mass is 429 g/mol. The highest BCUT2D eigenvalue weighted by molar-refractivity contribution is 5.94. The Kier molecular flexibility index (Phi) is 5.86. The Morgan fingerprint density at radius 2 is 1.69 bits per heavy atom. The van der Waals surface area contributed by atoms with Crippen molar-refractivity contribution < 1.29 is 9.18 Å². The zero-order valence-electron chi connectivity index (χ0n) is 18.2. The smallest absolute Gasteiger partial charge is 0.266 e. The third-order valence-corrected chi connectivity index (χ3v) is 5.69. The van der Waals surface area contributed by atoms with Gasteiger partial charge in [-0.3, -0.25) is 14.2 Å². The van der Waals surface area contributed by atoms with Gasteiger partial charge in [0.15, 0.2) is 0 Å². The van der Waals surface area contributed by atoms with Crippen molar-refractivity contribution >= 4 is 16.8 Å². The van der Waals surface area contributed by atoms with Crippen molar-refractivity contribution in [2.24, 2.45) is 0 Å². The molecule has 32 heavy (non-hydrogen) atoms. The minimum Gasteiger partial charge on any atom is -0.329 e. The number of benzene rings is 3. The Morgan fingerprint density at radius 1 is 1.03 bits per heavy atom. The first-order valence-electron chi connectivity index (χ1n) is 10.6. The summed E-state index contributed by atoms with van der Waals surface area (Å²) < 4.78 is 15.0. The van der Waals surface area contributed by atoms with Crippen LogP contribution in [0.4, 0.5) is 4.39 Å². The molecule has 162 valence electrons. The molecule has 1 atom stereocenters. The van der Waals surface area contributed by atoms with E-state index in [4.69, 9.17) is 4.98 Å². The Bertz CT molecular complexity index is 1350. The molecule has 0 aliphatic rings. The maximum Gasteiger partial charge on any atom is 0.266 e. The van der Waals surface area contributed by atoms with Gasteiger partial charge in [0.1, 0.15) is 11.6 Å². The van der Waals surface area contributed by atoms with Crippen LogP contribution >= 0.6 is 0 Å². The number of aryl methyl sites for hydroxylation is 1. The molecule has 4 aromatic rings. The van der Waals surface area contributed by atoms with Crippen molar-refractivity contribution in [3.05, 3.63) is 106 Å². The molecule has 0 aliphatic carbocycles. The van der Waals surface area contributed by atoms with Gasteiger partial charge in [-0.2, -0.15) is 0 Å². The third kappa shape index (κ3) is 3.80. The number of hydrogen-bond acceptors (Lipinski definition) is 3. The molecule has 0 radical (unpaired) electrons. The van der Waals surface area contributed by atoms with Gasteiger partial charge in [-0.15, -0.1) is 0 Å². The number of amides is 1. The standard InChI is InChI=1S/C26H24FN3O2/c1-4-29(25(31)19-13-15-20(27)16-14-19)18(3)24-28-22-11-7-6-10-21(22)26(32)30(24)23-12-8-5-9-17(23)2/h5-16,18H,4H2,1-3H3. The van der Waals surface area contributed by atoms with Gasteiger partial charge in [0, 0.05) is 12.1 Å². The summed E-state index contributed by atoms with van der Waals surface area (Å²) in [5, 5.41) is 0.514. The number of halogens is 1. The number of para-hydroxylation sites is 2. The van der Waals surface area contributed by atoms with Crippen molar-refractivity contribution in [2.75, 3.05) is 6.54 Å². The van der Waals surface area contributed by atoms with E-state index in [1.165, 1.54) is 24.3 Å². The highest BCUT2D eigenvalue weighted by Crippen LogP contribution is 2.25. The van der Waals surface area contributed by atoms with Gasteiger partial charge in [-0.1, -0.05) is 30.3 Å². The second kappa shape index (κ2) is 8.75. The van der Waals surface area contributed by atoms with E-state index in [0.29, 0.717) is 28.8 Å². The zero-order valence-corrected chi connectivity index (χ0v) is 18.2. The minimum atomic E-state index is -0.505. The topological polar surface area (TPSA) is 55.2 Å². The molecule has 0 fully saturated rings. The number of nitrogens with zero attached hydrogens (tertiary/aromatic N) is 3. The molecule has 0 spiro atoms. The molecule has 1 heterocycles. The van der Waals surface area contributed by atoms with Crippen LogP contribution in [0.1, 0.15) is 41.6 Å². The van der Waals surface area contributed by atoms with Crippen molar-refractivity contribution in [2.45, 2.75) is 26.8 Å². The van der Waals surface area contributed by atoms with Crippen molar-refractivity contribution in [1.82, 2.24) is 14.5 Å². The molecule has 6 heteroatoms. The molecule has 4 rings (SSSR count). The van der Waals surface area contributed by atoms with Crippen molar-refractivity contribution in [3.63, 3.8) is 0 Å². The second-order valence-corrected chi connectivity index (χ2v) is 7.69. The van der Waals surface area contributed by atoms with Gasteiger partial charge in [0.2, 0.25) is 0 Å². The molecule has 0 saturated carbocycles. The van der Waals surface area contributed by atoms with Crippen molar-refractivity contribution in [3.8, 4) is 5.69 Å². The molecule has 3 aromatic carbocycles. The lowest BCUT2D eigenvalue weighted by Crippen LogP contribution is -2.37. The number of rotatable bonds is 5. The largest absolute Gasteiger partial charge is 0.329 e. The lowest BCUT2D eigenvalue weighted by molar-refractivity contribution is 0.0693. The van der Waals surface area contributed by atoms with E-state index in [2.05, 4.69) is 0 Å². The summed E-state index contributed by atoms with van der Waals surface area (Å²) >= 11 is 0. The summed E-state index contributed by atoms with van der Waals surface area (Å²) in [7, 11) is 0. The van der Waals surface area contributed by atoms with E-state index in [1.54, 1.807) is 21.6 Å². The Balaban J connectivity index is 1.91. The molecule has 1 unspecified atom stereocenters. The molecule has 0 saturated heterocycles. The number of hydrogen-bond donors (Lipinski definition) is 0. The molecular formula is C26H24FN3O2. The third-order valence-electron chi connectivity index (χ3n) is 5.69. The van der Waals surface area contributed by atoms with Gasteiger partial charge < -0.3 is 4.90 Å². The van der Waals surface area contributed by atoms with Crippen molar-refractivity contribution in [1.29, 1.82) is 0 Å². The normalized spacial score (nSPS) is 12.0. The summed E-state index contributed by atoms with van der Waals surface area (Å²) in [6, 6.07) is 19.8. The van der Waals surface area contributed by atoms with E-state index in [-0.39, 0.29) is 11.5 Å². The molecule has 0 aliphatic heterocycles. The van der Waals surface area contributed by atoms with Crippen LogP contribution in [-0.2, 0) is 0 Å². The molecule has 5 nitrogen and oxygen atoms in total. The minimum absolute atomic E-state index is 0.183. The molecular weight excluding hydrogens is 405 g/mol. The van der Waals surface area contributed by atoms with E-state index in [9.17, 15) is 14.0 Å². The van der Waals surface area contributed by atoms with Gasteiger partial charge in [-0.25, -0.2) is 9.37 Å². The first-order valence-corrected chi connectivity index (χ1v) is 10.6. The molecule has 0 bridgehead atoms. The Labute approximate surface area is 185 Å². The first-order chi connectivity index (χ1) is 15.4. The van der Waals surface area contributed by atoms with Crippen LogP contribution in [0.15, 0.2) is 77.6 Å². The lowest BCUT2D eigenvalue weighted by Gasteiger charge is -2.30. The number of carbonyl (C=O) groups excluding carboxylic acids is 1. The zero-order chi connectivity index (χ0) is 22.8. The van der Waals surface area contributed by atoms with E-state index in [1.807, 2.05) is 57.2 Å². The highest BCUT2D eigenvalue weighted by atomic mass is 19.1. The van der Waals surface area contributed by atoms with Gasteiger partial charge in [-0.05, 0) is 68.8 Å². The number of aromatic nitrogens is 2. The SMILES string of the molecule is CCN(C(=O)c1ccc(F)cc1)C(C)c1nc2ccccc2c(=O)n1-c1ccccc1C. The van der Waals surface area contributed by atoms with Gasteiger partial charge in [0.25, 0.3) is 11.5 Å². The average Bonchev–Trinajstić information content (AvgIpc) is 2.80. The van der Waals surface area contributed by atoms with Crippen LogP contribution in [0.3, 0.4) is 0 Å². The maximum absolute atomic E-state index is 13.6. The molecule has 0 N–H and O–H groups in total. The van der Waals surface area contributed by atoms with Crippen LogP contribution in [0.25, 0.3) is 16.6 Å². The Morgan fingerprint density at radius 3 is 2.38 bits per heavy atom. The Hall–Kier alpha value is -3.80.